The van der Waals surface area contributed by atoms with Gasteiger partial charge in [0.15, 0.2) is 5.65 Å². The Bertz CT molecular complexity index is 1130. The molecule has 0 aliphatic carbocycles. The van der Waals surface area contributed by atoms with Crippen molar-refractivity contribution in [3.8, 4) is 11.6 Å². The van der Waals surface area contributed by atoms with Gasteiger partial charge in [-0.1, -0.05) is 19.1 Å². The molecule has 0 unspecified atom stereocenters. The van der Waals surface area contributed by atoms with Crippen molar-refractivity contribution >= 4 is 16.9 Å². The van der Waals surface area contributed by atoms with Gasteiger partial charge in [-0.15, -0.1) is 0 Å². The maximum atomic E-state index is 12.9. The minimum absolute atomic E-state index is 0.228. The smallest absolute Gasteiger partial charge is 0.222 e. The maximum Gasteiger partial charge on any atom is 0.222 e. The van der Waals surface area contributed by atoms with Gasteiger partial charge >= 0.3 is 0 Å². The molecular formula is C26H34N4O2. The molecule has 1 amide bonds. The van der Waals surface area contributed by atoms with Crippen LogP contribution in [0.25, 0.3) is 16.7 Å². The second-order valence-corrected chi connectivity index (χ2v) is 9.05. The number of hydrogen-bond donors (Lipinski definition) is 0. The van der Waals surface area contributed by atoms with Crippen molar-refractivity contribution in [2.75, 3.05) is 19.7 Å². The van der Waals surface area contributed by atoms with E-state index in [1.807, 2.05) is 35.6 Å². The molecule has 2 aromatic heterocycles. The second kappa shape index (κ2) is 9.31. The molecule has 4 rings (SSSR count). The van der Waals surface area contributed by atoms with Crippen molar-refractivity contribution in [2.24, 2.45) is 5.92 Å². The summed E-state index contributed by atoms with van der Waals surface area (Å²) in [5.74, 6) is 1.56. The van der Waals surface area contributed by atoms with Gasteiger partial charge in [0, 0.05) is 30.5 Å². The molecule has 170 valence electrons. The Hall–Kier alpha value is -2.89. The van der Waals surface area contributed by atoms with Gasteiger partial charge in [-0.25, -0.2) is 4.68 Å². The van der Waals surface area contributed by atoms with E-state index in [4.69, 9.17) is 14.8 Å². The van der Waals surface area contributed by atoms with Gasteiger partial charge in [-0.2, -0.15) is 10.1 Å². The van der Waals surface area contributed by atoms with Crippen LogP contribution in [0.3, 0.4) is 0 Å². The first-order chi connectivity index (χ1) is 15.4. The fraction of sp³-hybridized carbons (Fsp3) is 0.500. The Morgan fingerprint density at radius 2 is 1.94 bits per heavy atom. The van der Waals surface area contributed by atoms with E-state index in [-0.39, 0.29) is 5.91 Å². The third-order valence-electron chi connectivity index (χ3n) is 6.58. The number of pyridine rings is 1. The zero-order valence-electron chi connectivity index (χ0n) is 19.9. The molecule has 0 atom stereocenters. The van der Waals surface area contributed by atoms with Crippen LogP contribution in [0.1, 0.15) is 55.5 Å². The van der Waals surface area contributed by atoms with Crippen LogP contribution in [-0.2, 0) is 11.2 Å². The maximum absolute atomic E-state index is 12.9. The number of hydrogen-bond acceptors (Lipinski definition) is 4. The fourth-order valence-corrected chi connectivity index (χ4v) is 4.67. The van der Waals surface area contributed by atoms with Crippen LogP contribution >= 0.6 is 0 Å². The number of piperidine rings is 1. The fourth-order valence-electron chi connectivity index (χ4n) is 4.67. The van der Waals surface area contributed by atoms with Gasteiger partial charge < -0.3 is 9.64 Å². The summed E-state index contributed by atoms with van der Waals surface area (Å²) in [6.07, 6.45) is 3.30. The lowest BCUT2D eigenvalue weighted by Crippen LogP contribution is -2.38. The largest absolute Gasteiger partial charge is 0.478 e. The van der Waals surface area contributed by atoms with E-state index in [2.05, 4.69) is 32.9 Å². The van der Waals surface area contributed by atoms with Crippen molar-refractivity contribution in [1.82, 2.24) is 19.7 Å². The number of nitrogens with zero attached hydrogens (tertiary/aromatic N) is 4. The Morgan fingerprint density at radius 3 is 2.62 bits per heavy atom. The number of carbonyl (C=O) groups is 1. The zero-order valence-corrected chi connectivity index (χ0v) is 19.9. The molecule has 32 heavy (non-hydrogen) atoms. The molecule has 0 bridgehead atoms. The van der Waals surface area contributed by atoms with Gasteiger partial charge in [0.25, 0.3) is 0 Å². The molecule has 0 saturated carbocycles. The molecule has 6 heteroatoms. The SMILES string of the molecule is CCOc1nc2c(c(C)nn2-c2cccc(C)c2)c(C)c1CCC(=O)N1CCC(C)CC1. The first kappa shape index (κ1) is 22.3. The predicted octanol–water partition coefficient (Wildman–Crippen LogP) is 4.94. The highest BCUT2D eigenvalue weighted by molar-refractivity contribution is 5.86. The molecule has 1 fully saturated rings. The van der Waals surface area contributed by atoms with Crippen LogP contribution in [0, 0.1) is 26.7 Å². The first-order valence-electron chi connectivity index (χ1n) is 11.8. The summed E-state index contributed by atoms with van der Waals surface area (Å²) in [6.45, 7) is 12.7. The van der Waals surface area contributed by atoms with Crippen LogP contribution in [0.5, 0.6) is 5.88 Å². The third kappa shape index (κ3) is 4.36. The number of fused-ring (bicyclic) bond motifs is 1. The van der Waals surface area contributed by atoms with Crippen LogP contribution in [0.4, 0.5) is 0 Å². The first-order valence-corrected chi connectivity index (χ1v) is 11.8. The highest BCUT2D eigenvalue weighted by atomic mass is 16.5. The van der Waals surface area contributed by atoms with E-state index in [9.17, 15) is 4.79 Å². The lowest BCUT2D eigenvalue weighted by molar-refractivity contribution is -0.132. The van der Waals surface area contributed by atoms with Gasteiger partial charge in [0.1, 0.15) is 0 Å². The van der Waals surface area contributed by atoms with Crippen LogP contribution in [-0.4, -0.2) is 45.3 Å². The molecular weight excluding hydrogens is 400 g/mol. The summed E-state index contributed by atoms with van der Waals surface area (Å²) in [4.78, 5) is 19.8. The quantitative estimate of drug-likeness (QED) is 0.552. The standard InChI is InChI=1S/C26H34N4O2/c1-6-32-26-22(10-11-23(31)29-14-12-17(2)13-15-29)19(4)24-20(5)28-30(25(24)27-26)21-9-7-8-18(3)16-21/h7-9,16-17H,6,10-15H2,1-5H3. The normalized spacial score (nSPS) is 14.8. The second-order valence-electron chi connectivity index (χ2n) is 9.05. The molecule has 0 spiro atoms. The number of rotatable bonds is 6. The molecule has 1 aromatic carbocycles. The molecule has 1 aliphatic heterocycles. The molecule has 3 aromatic rings. The number of likely N-dealkylation sites (tertiary alicyclic amines) is 1. The molecule has 0 radical (unpaired) electrons. The predicted molar refractivity (Wildman–Crippen MR) is 128 cm³/mol. The van der Waals surface area contributed by atoms with Crippen molar-refractivity contribution in [3.63, 3.8) is 0 Å². The van der Waals surface area contributed by atoms with E-state index >= 15 is 0 Å². The Morgan fingerprint density at radius 1 is 1.19 bits per heavy atom. The van der Waals surface area contributed by atoms with Crippen molar-refractivity contribution in [3.05, 3.63) is 46.6 Å². The average molecular weight is 435 g/mol. The summed E-state index contributed by atoms with van der Waals surface area (Å²) < 4.78 is 7.86. The zero-order chi connectivity index (χ0) is 22.8. The topological polar surface area (TPSA) is 60.3 Å². The van der Waals surface area contributed by atoms with Gasteiger partial charge in [0.05, 0.1) is 18.0 Å². The van der Waals surface area contributed by atoms with E-state index in [1.165, 1.54) is 5.56 Å². The number of amides is 1. The minimum Gasteiger partial charge on any atom is -0.478 e. The summed E-state index contributed by atoms with van der Waals surface area (Å²) in [7, 11) is 0. The van der Waals surface area contributed by atoms with Gasteiger partial charge in [0.2, 0.25) is 11.8 Å². The van der Waals surface area contributed by atoms with Gasteiger partial charge in [-0.05, 0) is 76.1 Å². The van der Waals surface area contributed by atoms with E-state index in [0.29, 0.717) is 31.2 Å². The molecule has 6 nitrogen and oxygen atoms in total. The highest BCUT2D eigenvalue weighted by Crippen LogP contribution is 2.32. The Kier molecular flexibility index (Phi) is 6.49. The lowest BCUT2D eigenvalue weighted by atomic mass is 9.98. The molecule has 0 N–H and O–H groups in total. The average Bonchev–Trinajstić information content (AvgIpc) is 3.10. The summed E-state index contributed by atoms with van der Waals surface area (Å²) in [5, 5.41) is 5.85. The van der Waals surface area contributed by atoms with E-state index < -0.39 is 0 Å². The van der Waals surface area contributed by atoms with Crippen molar-refractivity contribution in [1.29, 1.82) is 0 Å². The summed E-state index contributed by atoms with van der Waals surface area (Å²) in [6, 6.07) is 8.26. The molecule has 3 heterocycles. The summed E-state index contributed by atoms with van der Waals surface area (Å²) >= 11 is 0. The van der Waals surface area contributed by atoms with Crippen molar-refractivity contribution < 1.29 is 9.53 Å². The van der Waals surface area contributed by atoms with E-state index in [1.54, 1.807) is 0 Å². The third-order valence-corrected chi connectivity index (χ3v) is 6.58. The number of aromatic nitrogens is 3. The summed E-state index contributed by atoms with van der Waals surface area (Å²) in [5.41, 5.74) is 6.02. The molecule has 1 saturated heterocycles. The number of carbonyl (C=O) groups excluding carboxylic acids is 1. The number of ether oxygens (including phenoxy) is 1. The number of aryl methyl sites for hydroxylation is 3. The Labute approximate surface area is 190 Å². The van der Waals surface area contributed by atoms with Gasteiger partial charge in [-0.3, -0.25) is 4.79 Å². The highest BCUT2D eigenvalue weighted by Gasteiger charge is 2.23. The van der Waals surface area contributed by atoms with Crippen LogP contribution in [0.15, 0.2) is 24.3 Å². The minimum atomic E-state index is 0.228. The number of benzene rings is 1. The van der Waals surface area contributed by atoms with Crippen LogP contribution in [0.2, 0.25) is 0 Å². The Balaban J connectivity index is 1.68. The van der Waals surface area contributed by atoms with Crippen LogP contribution < -0.4 is 4.74 Å². The van der Waals surface area contributed by atoms with Crippen molar-refractivity contribution in [2.45, 2.75) is 60.3 Å². The lowest BCUT2D eigenvalue weighted by Gasteiger charge is -2.30. The molecule has 1 aliphatic rings. The monoisotopic (exact) mass is 434 g/mol. The van der Waals surface area contributed by atoms with E-state index in [0.717, 1.165) is 59.5 Å².